The third-order valence-corrected chi connectivity index (χ3v) is 6.50. The van der Waals surface area contributed by atoms with Crippen molar-refractivity contribution in [1.29, 1.82) is 0 Å². The van der Waals surface area contributed by atoms with Crippen LogP contribution in [0.4, 0.5) is 0 Å². The van der Waals surface area contributed by atoms with Crippen molar-refractivity contribution in [3.8, 4) is 5.69 Å². The molecule has 0 saturated carbocycles. The summed E-state index contributed by atoms with van der Waals surface area (Å²) in [7, 11) is -4.01. The normalized spacial score (nSPS) is 14.0. The Labute approximate surface area is 153 Å². The molecule has 9 nitrogen and oxygen atoms in total. The van der Waals surface area contributed by atoms with Gasteiger partial charge in [0.15, 0.2) is 0 Å². The van der Waals surface area contributed by atoms with E-state index in [1.54, 1.807) is 18.2 Å². The third kappa shape index (κ3) is 3.23. The Morgan fingerprint density at radius 1 is 1.31 bits per heavy atom. The first kappa shape index (κ1) is 16.8. The molecule has 2 aromatic heterocycles. The summed E-state index contributed by atoms with van der Waals surface area (Å²) >= 11 is 1.33. The second-order valence-electron chi connectivity index (χ2n) is 5.67. The summed E-state index contributed by atoms with van der Waals surface area (Å²) in [6, 6.07) is 7.78. The Morgan fingerprint density at radius 2 is 2.19 bits per heavy atom. The van der Waals surface area contributed by atoms with Crippen molar-refractivity contribution in [2.75, 3.05) is 6.54 Å². The fourth-order valence-corrected chi connectivity index (χ4v) is 4.82. The zero-order chi connectivity index (χ0) is 18.1. The van der Waals surface area contributed by atoms with Gasteiger partial charge in [0.2, 0.25) is 0 Å². The monoisotopic (exact) mass is 390 g/mol. The molecule has 1 aliphatic heterocycles. The second-order valence-corrected chi connectivity index (χ2v) is 8.49. The molecule has 0 unspecified atom stereocenters. The first-order valence-corrected chi connectivity index (χ1v) is 10.1. The number of nitrogens with one attached hydrogen (secondary N) is 2. The molecule has 0 atom stereocenters. The maximum atomic E-state index is 12.6. The number of nitrogens with zero attached hydrogens (tertiary/aromatic N) is 4. The number of aromatic nitrogens is 4. The predicted molar refractivity (Wildman–Crippen MR) is 93.5 cm³/mol. The van der Waals surface area contributed by atoms with Gasteiger partial charge in [0.05, 0.1) is 15.5 Å². The lowest BCUT2D eigenvalue weighted by Crippen LogP contribution is -2.30. The van der Waals surface area contributed by atoms with Crippen LogP contribution in [-0.4, -0.2) is 41.1 Å². The van der Waals surface area contributed by atoms with Crippen LogP contribution in [-0.2, 0) is 23.0 Å². The van der Waals surface area contributed by atoms with Gasteiger partial charge in [-0.2, -0.15) is 0 Å². The van der Waals surface area contributed by atoms with Crippen LogP contribution in [0.1, 0.15) is 20.1 Å². The van der Waals surface area contributed by atoms with Crippen molar-refractivity contribution in [1.82, 2.24) is 30.2 Å². The highest BCUT2D eigenvalue weighted by Gasteiger charge is 2.22. The number of fused-ring (bicyclic) bond motifs is 1. The molecular weight excluding hydrogens is 376 g/mol. The van der Waals surface area contributed by atoms with E-state index in [2.05, 4.69) is 25.6 Å². The topological polar surface area (TPSA) is 119 Å². The van der Waals surface area contributed by atoms with Crippen molar-refractivity contribution in [3.05, 3.63) is 52.0 Å². The Balaban J connectivity index is 1.58. The molecule has 2 N–H and O–H groups in total. The van der Waals surface area contributed by atoms with Crippen molar-refractivity contribution in [2.24, 2.45) is 0 Å². The molecule has 0 radical (unpaired) electrons. The highest BCUT2D eigenvalue weighted by Crippen LogP contribution is 2.25. The number of sulfonamides is 1. The molecule has 1 aliphatic rings. The first-order chi connectivity index (χ1) is 12.5. The van der Waals surface area contributed by atoms with Crippen molar-refractivity contribution in [2.45, 2.75) is 17.9 Å². The van der Waals surface area contributed by atoms with Gasteiger partial charge >= 0.3 is 0 Å². The van der Waals surface area contributed by atoms with Gasteiger partial charge in [0, 0.05) is 18.0 Å². The number of hydrogen-bond donors (Lipinski definition) is 2. The van der Waals surface area contributed by atoms with Crippen molar-refractivity contribution in [3.63, 3.8) is 0 Å². The molecule has 0 fully saturated rings. The van der Waals surface area contributed by atoms with Gasteiger partial charge in [-0.3, -0.25) is 4.79 Å². The average molecular weight is 390 g/mol. The molecule has 0 aliphatic carbocycles. The second kappa shape index (κ2) is 6.59. The largest absolute Gasteiger partial charge is 0.312 e. The van der Waals surface area contributed by atoms with Crippen molar-refractivity contribution >= 4 is 27.3 Å². The van der Waals surface area contributed by atoms with Gasteiger partial charge in [-0.25, -0.2) is 17.8 Å². The predicted octanol–water partition coefficient (Wildman–Crippen LogP) is 0.488. The number of amides is 1. The van der Waals surface area contributed by atoms with Crippen LogP contribution in [0.2, 0.25) is 0 Å². The molecular formula is C15H14N6O3S2. The summed E-state index contributed by atoms with van der Waals surface area (Å²) in [4.78, 5) is 13.9. The highest BCUT2D eigenvalue weighted by molar-refractivity contribution is 7.90. The summed E-state index contributed by atoms with van der Waals surface area (Å²) in [5.41, 5.74) is 1.52. The molecule has 0 bridgehead atoms. The number of hydrogen-bond acceptors (Lipinski definition) is 8. The molecule has 0 saturated heterocycles. The lowest BCUT2D eigenvalue weighted by atomic mass is 10.1. The Bertz CT molecular complexity index is 1040. The smallest absolute Gasteiger partial charge is 0.275 e. The lowest BCUT2D eigenvalue weighted by molar-refractivity contribution is 0.0985. The van der Waals surface area contributed by atoms with Crippen LogP contribution in [0.25, 0.3) is 5.69 Å². The van der Waals surface area contributed by atoms with E-state index in [1.165, 1.54) is 34.5 Å². The standard InChI is InChI=1S/C15H14N6O3S2/c22-15(14-6-10-8-16-5-4-13(10)25-14)18-26(23,24)12-3-1-2-11(7-12)21-9-17-19-20-21/h1-3,6-7,9,16H,4-5,8H2,(H,18,22). The van der Waals surface area contributed by atoms with Crippen LogP contribution in [0.3, 0.4) is 0 Å². The SMILES string of the molecule is O=C(NS(=O)(=O)c1cccc(-n2cnnn2)c1)c1cc2c(s1)CCNC2. The summed E-state index contributed by atoms with van der Waals surface area (Å²) in [5.74, 6) is -0.628. The van der Waals surface area contributed by atoms with Gasteiger partial charge in [0.1, 0.15) is 6.33 Å². The van der Waals surface area contributed by atoms with E-state index in [4.69, 9.17) is 0 Å². The van der Waals surface area contributed by atoms with E-state index in [-0.39, 0.29) is 4.90 Å². The first-order valence-electron chi connectivity index (χ1n) is 7.76. The van der Waals surface area contributed by atoms with E-state index < -0.39 is 15.9 Å². The minimum absolute atomic E-state index is 0.0400. The molecule has 1 amide bonds. The van der Waals surface area contributed by atoms with Crippen LogP contribution >= 0.6 is 11.3 Å². The number of tetrazole rings is 1. The van der Waals surface area contributed by atoms with E-state index in [9.17, 15) is 13.2 Å². The summed E-state index contributed by atoms with van der Waals surface area (Å²) < 4.78 is 28.6. The quantitative estimate of drug-likeness (QED) is 0.665. The number of benzene rings is 1. The summed E-state index contributed by atoms with van der Waals surface area (Å²) in [5, 5.41) is 14.0. The summed E-state index contributed by atoms with van der Waals surface area (Å²) in [6.07, 6.45) is 2.20. The van der Waals surface area contributed by atoms with E-state index in [1.807, 2.05) is 0 Å². The van der Waals surface area contributed by atoms with Crippen LogP contribution in [0, 0.1) is 0 Å². The Hall–Kier alpha value is -2.63. The lowest BCUT2D eigenvalue weighted by Gasteiger charge is -2.10. The maximum Gasteiger partial charge on any atom is 0.275 e. The minimum atomic E-state index is -4.01. The van der Waals surface area contributed by atoms with E-state index >= 15 is 0 Å². The molecule has 134 valence electrons. The zero-order valence-electron chi connectivity index (χ0n) is 13.4. The highest BCUT2D eigenvalue weighted by atomic mass is 32.2. The molecule has 11 heteroatoms. The average Bonchev–Trinajstić information content (AvgIpc) is 3.31. The van der Waals surface area contributed by atoms with E-state index in [0.29, 0.717) is 17.1 Å². The number of carbonyl (C=O) groups excluding carboxylic acids is 1. The van der Waals surface area contributed by atoms with Gasteiger partial charge in [0.25, 0.3) is 15.9 Å². The minimum Gasteiger partial charge on any atom is -0.312 e. The summed E-state index contributed by atoms with van der Waals surface area (Å²) in [6.45, 7) is 1.55. The molecule has 26 heavy (non-hydrogen) atoms. The van der Waals surface area contributed by atoms with Crippen molar-refractivity contribution < 1.29 is 13.2 Å². The Morgan fingerprint density at radius 3 is 2.96 bits per heavy atom. The van der Waals surface area contributed by atoms with Gasteiger partial charge in [-0.15, -0.1) is 16.4 Å². The molecule has 0 spiro atoms. The third-order valence-electron chi connectivity index (χ3n) is 3.93. The Kier molecular flexibility index (Phi) is 4.26. The van der Waals surface area contributed by atoms with Crippen LogP contribution in [0.15, 0.2) is 41.6 Å². The van der Waals surface area contributed by atoms with Gasteiger partial charge < -0.3 is 5.32 Å². The van der Waals surface area contributed by atoms with Gasteiger partial charge in [-0.1, -0.05) is 6.07 Å². The fourth-order valence-electron chi connectivity index (χ4n) is 2.67. The van der Waals surface area contributed by atoms with Gasteiger partial charge in [-0.05, 0) is 46.7 Å². The zero-order valence-corrected chi connectivity index (χ0v) is 15.0. The van der Waals surface area contributed by atoms with Crippen LogP contribution in [0.5, 0.6) is 0 Å². The molecule has 3 aromatic rings. The van der Waals surface area contributed by atoms with E-state index in [0.717, 1.165) is 23.4 Å². The molecule has 1 aromatic carbocycles. The van der Waals surface area contributed by atoms with Crippen LogP contribution < -0.4 is 10.0 Å². The maximum absolute atomic E-state index is 12.6. The number of rotatable bonds is 4. The number of thiophene rings is 1. The fraction of sp³-hybridized carbons (Fsp3) is 0.200. The number of carbonyl (C=O) groups is 1. The molecule has 3 heterocycles. The molecule has 4 rings (SSSR count).